The molecule has 1 N–H and O–H groups in total. The quantitative estimate of drug-likeness (QED) is 0.417. The van der Waals surface area contributed by atoms with Gasteiger partial charge in [-0.15, -0.1) is 11.8 Å². The summed E-state index contributed by atoms with van der Waals surface area (Å²) in [6.45, 7) is 4.81. The highest BCUT2D eigenvalue weighted by Gasteiger charge is 2.28. The summed E-state index contributed by atoms with van der Waals surface area (Å²) < 4.78 is 5.31. The minimum Gasteiger partial charge on any atom is -0.497 e. The first kappa shape index (κ1) is 26.4. The van der Waals surface area contributed by atoms with Gasteiger partial charge in [0, 0.05) is 28.9 Å². The number of hydrogen-bond donors (Lipinski definition) is 1. The molecule has 2 amide bonds. The van der Waals surface area contributed by atoms with Crippen LogP contribution in [0.15, 0.2) is 42.5 Å². The SMILES string of the molecule is CCCNC(=O)C(CC)N(Cc1cccc(OC)c1)C(=O)CSCc1c(Cl)cccc1Cl. The third-order valence-electron chi connectivity index (χ3n) is 4.96. The largest absolute Gasteiger partial charge is 0.497 e. The molecule has 0 heterocycles. The molecule has 8 heteroatoms. The summed E-state index contributed by atoms with van der Waals surface area (Å²) in [5, 5.41) is 4.08. The van der Waals surface area contributed by atoms with Crippen LogP contribution in [-0.4, -0.2) is 42.2 Å². The van der Waals surface area contributed by atoms with E-state index in [1.807, 2.05) is 38.1 Å². The molecule has 5 nitrogen and oxygen atoms in total. The molecule has 0 aliphatic carbocycles. The summed E-state index contributed by atoms with van der Waals surface area (Å²) in [4.78, 5) is 27.7. The second-order valence-electron chi connectivity index (χ2n) is 7.28. The Balaban J connectivity index is 2.17. The van der Waals surface area contributed by atoms with Crippen LogP contribution in [0.2, 0.25) is 10.0 Å². The number of amides is 2. The van der Waals surface area contributed by atoms with Crippen molar-refractivity contribution in [3.05, 3.63) is 63.6 Å². The predicted molar refractivity (Wildman–Crippen MR) is 134 cm³/mol. The Bertz CT molecular complexity index is 890. The van der Waals surface area contributed by atoms with Crippen LogP contribution in [0.5, 0.6) is 5.75 Å². The number of rotatable bonds is 12. The summed E-state index contributed by atoms with van der Waals surface area (Å²) in [5.41, 5.74) is 1.71. The van der Waals surface area contributed by atoms with Crippen molar-refractivity contribution < 1.29 is 14.3 Å². The van der Waals surface area contributed by atoms with Gasteiger partial charge >= 0.3 is 0 Å². The van der Waals surface area contributed by atoms with E-state index in [0.717, 1.165) is 17.5 Å². The maximum atomic E-state index is 13.3. The number of benzene rings is 2. The number of carbonyl (C=O) groups excluding carboxylic acids is 2. The lowest BCUT2D eigenvalue weighted by Crippen LogP contribution is -2.49. The number of hydrogen-bond acceptors (Lipinski definition) is 4. The van der Waals surface area contributed by atoms with Gasteiger partial charge in [0.2, 0.25) is 11.8 Å². The van der Waals surface area contributed by atoms with Crippen molar-refractivity contribution in [3.63, 3.8) is 0 Å². The minimum atomic E-state index is -0.551. The second-order valence-corrected chi connectivity index (χ2v) is 9.08. The van der Waals surface area contributed by atoms with E-state index in [1.54, 1.807) is 30.2 Å². The van der Waals surface area contributed by atoms with E-state index in [9.17, 15) is 9.59 Å². The van der Waals surface area contributed by atoms with Gasteiger partial charge in [0.05, 0.1) is 12.9 Å². The Hall–Kier alpha value is -1.89. The average Bonchev–Trinajstić information content (AvgIpc) is 2.79. The van der Waals surface area contributed by atoms with Gasteiger partial charge in [-0.05, 0) is 48.2 Å². The molecule has 0 spiro atoms. The van der Waals surface area contributed by atoms with Gasteiger partial charge in [0.25, 0.3) is 0 Å². The van der Waals surface area contributed by atoms with Gasteiger partial charge in [-0.3, -0.25) is 9.59 Å². The number of methoxy groups -OCH3 is 1. The summed E-state index contributed by atoms with van der Waals surface area (Å²) in [6.07, 6.45) is 1.35. The summed E-state index contributed by atoms with van der Waals surface area (Å²) in [5.74, 6) is 1.18. The van der Waals surface area contributed by atoms with E-state index < -0.39 is 6.04 Å². The van der Waals surface area contributed by atoms with Crippen LogP contribution < -0.4 is 10.1 Å². The highest BCUT2D eigenvalue weighted by atomic mass is 35.5. The van der Waals surface area contributed by atoms with E-state index in [0.29, 0.717) is 41.1 Å². The highest BCUT2D eigenvalue weighted by molar-refractivity contribution is 7.99. The van der Waals surface area contributed by atoms with Gasteiger partial charge in [-0.2, -0.15) is 0 Å². The summed E-state index contributed by atoms with van der Waals surface area (Å²) >= 11 is 13.9. The zero-order valence-electron chi connectivity index (χ0n) is 18.7. The molecule has 2 aromatic carbocycles. The topological polar surface area (TPSA) is 58.6 Å². The Morgan fingerprint density at radius 1 is 1.12 bits per heavy atom. The number of thioether (sulfide) groups is 1. The lowest BCUT2D eigenvalue weighted by molar-refractivity contribution is -0.139. The van der Waals surface area contributed by atoms with Crippen molar-refractivity contribution in [2.24, 2.45) is 0 Å². The molecular formula is C24H30Cl2N2O3S. The maximum Gasteiger partial charge on any atom is 0.242 e. The molecule has 0 saturated carbocycles. The minimum absolute atomic E-state index is 0.112. The zero-order chi connectivity index (χ0) is 23.5. The Morgan fingerprint density at radius 3 is 2.44 bits per heavy atom. The van der Waals surface area contributed by atoms with Crippen molar-refractivity contribution in [2.45, 2.75) is 45.0 Å². The summed E-state index contributed by atoms with van der Waals surface area (Å²) in [6, 6.07) is 12.3. The van der Waals surface area contributed by atoms with Crippen LogP contribution in [0.3, 0.4) is 0 Å². The number of nitrogens with one attached hydrogen (secondary N) is 1. The fourth-order valence-electron chi connectivity index (χ4n) is 3.25. The third kappa shape index (κ3) is 7.61. The number of nitrogens with zero attached hydrogens (tertiary/aromatic N) is 1. The number of ether oxygens (including phenoxy) is 1. The lowest BCUT2D eigenvalue weighted by Gasteiger charge is -2.30. The Morgan fingerprint density at radius 2 is 1.81 bits per heavy atom. The van der Waals surface area contributed by atoms with Gasteiger partial charge in [0.15, 0.2) is 0 Å². The van der Waals surface area contributed by atoms with Crippen molar-refractivity contribution in [1.29, 1.82) is 0 Å². The monoisotopic (exact) mass is 496 g/mol. The van der Waals surface area contributed by atoms with Crippen LogP contribution in [0.25, 0.3) is 0 Å². The fourth-order valence-corrected chi connectivity index (χ4v) is 4.89. The first-order chi connectivity index (χ1) is 15.4. The first-order valence-corrected chi connectivity index (χ1v) is 12.5. The lowest BCUT2D eigenvalue weighted by atomic mass is 10.1. The van der Waals surface area contributed by atoms with Gasteiger partial charge in [0.1, 0.15) is 11.8 Å². The Kier molecular flexibility index (Phi) is 11.2. The van der Waals surface area contributed by atoms with Gasteiger partial charge < -0.3 is 15.0 Å². The molecule has 1 unspecified atom stereocenters. The average molecular weight is 497 g/mol. The van der Waals surface area contributed by atoms with E-state index in [1.165, 1.54) is 11.8 Å². The molecule has 0 aromatic heterocycles. The van der Waals surface area contributed by atoms with Gasteiger partial charge in [-0.25, -0.2) is 0 Å². The van der Waals surface area contributed by atoms with Crippen LogP contribution in [-0.2, 0) is 21.9 Å². The van der Waals surface area contributed by atoms with Crippen LogP contribution >= 0.6 is 35.0 Å². The van der Waals surface area contributed by atoms with Crippen molar-refractivity contribution in [1.82, 2.24) is 10.2 Å². The molecule has 0 fully saturated rings. The number of halogens is 2. The van der Waals surface area contributed by atoms with E-state index in [-0.39, 0.29) is 17.6 Å². The first-order valence-electron chi connectivity index (χ1n) is 10.6. The maximum absolute atomic E-state index is 13.3. The molecule has 0 radical (unpaired) electrons. The molecule has 2 rings (SSSR count). The molecule has 2 aromatic rings. The molecule has 1 atom stereocenters. The van der Waals surface area contributed by atoms with Gasteiger partial charge in [-0.1, -0.05) is 55.2 Å². The standard InChI is InChI=1S/C24H30Cl2N2O3S/c1-4-12-27-24(30)22(5-2)28(14-17-8-6-9-18(13-17)31-3)23(29)16-32-15-19-20(25)10-7-11-21(19)26/h6-11,13,22H,4-5,12,14-16H2,1-3H3,(H,27,30). The van der Waals surface area contributed by atoms with Crippen molar-refractivity contribution in [3.8, 4) is 5.75 Å². The molecule has 174 valence electrons. The van der Waals surface area contributed by atoms with Crippen LogP contribution in [0, 0.1) is 0 Å². The molecule has 0 aliphatic heterocycles. The Labute approximate surface area is 204 Å². The smallest absolute Gasteiger partial charge is 0.242 e. The molecule has 32 heavy (non-hydrogen) atoms. The highest BCUT2D eigenvalue weighted by Crippen LogP contribution is 2.28. The molecule has 0 saturated heterocycles. The van der Waals surface area contributed by atoms with Crippen molar-refractivity contribution in [2.75, 3.05) is 19.4 Å². The summed E-state index contributed by atoms with van der Waals surface area (Å²) in [7, 11) is 1.60. The normalized spacial score (nSPS) is 11.7. The van der Waals surface area contributed by atoms with E-state index in [2.05, 4.69) is 5.32 Å². The van der Waals surface area contributed by atoms with E-state index >= 15 is 0 Å². The second kappa shape index (κ2) is 13.6. The predicted octanol–water partition coefficient (Wildman–Crippen LogP) is 5.57. The van der Waals surface area contributed by atoms with Crippen LogP contribution in [0.1, 0.15) is 37.8 Å². The fraction of sp³-hybridized carbons (Fsp3) is 0.417. The molecule has 0 bridgehead atoms. The number of carbonyl (C=O) groups is 2. The molecule has 0 aliphatic rings. The van der Waals surface area contributed by atoms with E-state index in [4.69, 9.17) is 27.9 Å². The van der Waals surface area contributed by atoms with Crippen LogP contribution in [0.4, 0.5) is 0 Å². The van der Waals surface area contributed by atoms with Crippen molar-refractivity contribution >= 4 is 46.8 Å². The zero-order valence-corrected chi connectivity index (χ0v) is 21.0. The third-order valence-corrected chi connectivity index (χ3v) is 6.61. The molecular weight excluding hydrogens is 467 g/mol.